The number of ether oxygens (including phenoxy) is 1. The molecule has 6 nitrogen and oxygen atoms in total. The second kappa shape index (κ2) is 9.32. The number of amides is 1. The molecule has 2 aliphatic heterocycles. The van der Waals surface area contributed by atoms with E-state index >= 15 is 0 Å². The Bertz CT molecular complexity index is 1300. The van der Waals surface area contributed by atoms with E-state index in [1.54, 1.807) is 6.20 Å². The average molecular weight is 493 g/mol. The second-order valence-electron chi connectivity index (χ2n) is 10.2. The lowest BCUT2D eigenvalue weighted by molar-refractivity contribution is -0.120. The molecule has 1 unspecified atom stereocenters. The largest absolute Gasteiger partial charge is 0.453 e. The molecule has 1 saturated carbocycles. The number of carbonyl (C=O) groups is 1. The number of fused-ring (bicyclic) bond motifs is 1. The SMILES string of the molecule is CC1CCc2c(ccc(-c3cnn(C4CCNCC4)c3)c2Oc2cccc(F)c2F)N1C(=O)C1CC1. The summed E-state index contributed by atoms with van der Waals surface area (Å²) < 4.78 is 36.9. The highest BCUT2D eigenvalue weighted by molar-refractivity contribution is 5.99. The summed E-state index contributed by atoms with van der Waals surface area (Å²) in [6.07, 6.45) is 9.09. The standard InChI is InChI=1S/C28H30F2N4O2/c1-17-5-8-22-24(34(17)28(35)18-6-7-18)10-9-21(27(22)36-25-4-2-3-23(29)26(25)30)19-15-32-33(16-19)20-11-13-31-14-12-20/h2-4,9-10,15-18,20,31H,5-8,11-14H2,1H3. The van der Waals surface area contributed by atoms with E-state index in [0.29, 0.717) is 18.2 Å². The molecule has 36 heavy (non-hydrogen) atoms. The van der Waals surface area contributed by atoms with Gasteiger partial charge in [0.1, 0.15) is 5.75 Å². The molecular formula is C28H30F2N4O2. The van der Waals surface area contributed by atoms with Crippen molar-refractivity contribution in [3.8, 4) is 22.6 Å². The molecule has 1 amide bonds. The molecule has 3 aromatic rings. The van der Waals surface area contributed by atoms with Crippen molar-refractivity contribution in [1.29, 1.82) is 0 Å². The highest BCUT2D eigenvalue weighted by atomic mass is 19.2. The Kier molecular flexibility index (Phi) is 5.99. The fourth-order valence-electron chi connectivity index (χ4n) is 5.43. The molecule has 0 spiro atoms. The maximum Gasteiger partial charge on any atom is 0.230 e. The predicted octanol–water partition coefficient (Wildman–Crippen LogP) is 5.62. The van der Waals surface area contributed by atoms with Crippen LogP contribution in [0.2, 0.25) is 0 Å². The van der Waals surface area contributed by atoms with Gasteiger partial charge in [-0.1, -0.05) is 6.07 Å². The molecule has 0 radical (unpaired) electrons. The Hall–Kier alpha value is -3.26. The van der Waals surface area contributed by atoms with E-state index < -0.39 is 11.6 Å². The van der Waals surface area contributed by atoms with Crippen molar-refractivity contribution in [2.45, 2.75) is 57.5 Å². The maximum atomic E-state index is 14.7. The third-order valence-electron chi connectivity index (χ3n) is 7.64. The number of aromatic nitrogens is 2. The molecule has 6 rings (SSSR count). The molecule has 2 aromatic carbocycles. The van der Waals surface area contributed by atoms with Gasteiger partial charge < -0.3 is 15.0 Å². The smallest absolute Gasteiger partial charge is 0.230 e. The molecule has 188 valence electrons. The van der Waals surface area contributed by atoms with Gasteiger partial charge in [-0.25, -0.2) is 4.39 Å². The van der Waals surface area contributed by atoms with Gasteiger partial charge in [-0.2, -0.15) is 9.49 Å². The zero-order valence-corrected chi connectivity index (χ0v) is 20.3. The molecule has 0 bridgehead atoms. The Balaban J connectivity index is 1.45. The fraction of sp³-hybridized carbons (Fsp3) is 0.429. The number of rotatable bonds is 5. The number of halogens is 2. The van der Waals surface area contributed by atoms with Crippen molar-refractivity contribution in [1.82, 2.24) is 15.1 Å². The van der Waals surface area contributed by atoms with Gasteiger partial charge in [0.2, 0.25) is 11.7 Å². The molecule has 1 aromatic heterocycles. The van der Waals surface area contributed by atoms with Crippen LogP contribution in [0.5, 0.6) is 11.5 Å². The molecule has 1 saturated heterocycles. The Morgan fingerprint density at radius 3 is 2.67 bits per heavy atom. The van der Waals surface area contributed by atoms with E-state index in [0.717, 1.165) is 73.6 Å². The quantitative estimate of drug-likeness (QED) is 0.502. The van der Waals surface area contributed by atoms with Gasteiger partial charge >= 0.3 is 0 Å². The molecule has 8 heteroatoms. The number of hydrogen-bond donors (Lipinski definition) is 1. The maximum absolute atomic E-state index is 14.7. The number of anilines is 1. The summed E-state index contributed by atoms with van der Waals surface area (Å²) in [7, 11) is 0. The molecular weight excluding hydrogens is 462 g/mol. The van der Waals surface area contributed by atoms with Crippen LogP contribution in [-0.4, -0.2) is 34.8 Å². The summed E-state index contributed by atoms with van der Waals surface area (Å²) in [4.78, 5) is 15.1. The van der Waals surface area contributed by atoms with E-state index in [1.807, 2.05) is 27.9 Å². The molecule has 1 aliphatic carbocycles. The van der Waals surface area contributed by atoms with Crippen LogP contribution >= 0.6 is 0 Å². The molecule has 1 N–H and O–H groups in total. The van der Waals surface area contributed by atoms with Crippen molar-refractivity contribution >= 4 is 11.6 Å². The minimum absolute atomic E-state index is 0.0675. The van der Waals surface area contributed by atoms with Gasteiger partial charge in [0.05, 0.1) is 17.9 Å². The zero-order chi connectivity index (χ0) is 24.8. The molecule has 2 fully saturated rings. The van der Waals surface area contributed by atoms with Crippen molar-refractivity contribution < 1.29 is 18.3 Å². The predicted molar refractivity (Wildman–Crippen MR) is 133 cm³/mol. The van der Waals surface area contributed by atoms with E-state index in [2.05, 4.69) is 17.3 Å². The summed E-state index contributed by atoms with van der Waals surface area (Å²) in [5.74, 6) is -1.49. The van der Waals surface area contributed by atoms with Gasteiger partial charge in [-0.3, -0.25) is 9.48 Å². The van der Waals surface area contributed by atoms with Crippen LogP contribution in [0.4, 0.5) is 14.5 Å². The topological polar surface area (TPSA) is 59.4 Å². The normalized spacial score (nSPS) is 20.3. The average Bonchev–Trinajstić information content (AvgIpc) is 3.63. The van der Waals surface area contributed by atoms with Gasteiger partial charge in [-0.05, 0) is 82.8 Å². The van der Waals surface area contributed by atoms with E-state index in [4.69, 9.17) is 4.74 Å². The van der Waals surface area contributed by atoms with Gasteiger partial charge in [0, 0.05) is 34.8 Å². The van der Waals surface area contributed by atoms with E-state index in [1.165, 1.54) is 12.1 Å². The van der Waals surface area contributed by atoms with Gasteiger partial charge in [0.15, 0.2) is 11.6 Å². The van der Waals surface area contributed by atoms with Crippen molar-refractivity contribution in [3.05, 3.63) is 59.9 Å². The lowest BCUT2D eigenvalue weighted by Gasteiger charge is -2.36. The lowest BCUT2D eigenvalue weighted by atomic mass is 9.92. The number of hydrogen-bond acceptors (Lipinski definition) is 4. The number of nitrogens with one attached hydrogen (secondary N) is 1. The van der Waals surface area contributed by atoms with Crippen LogP contribution in [-0.2, 0) is 11.2 Å². The first kappa shape index (κ1) is 23.2. The summed E-state index contributed by atoms with van der Waals surface area (Å²) in [6.45, 7) is 3.97. The van der Waals surface area contributed by atoms with Crippen LogP contribution in [0.25, 0.3) is 11.1 Å². The molecule has 3 heterocycles. The van der Waals surface area contributed by atoms with Crippen molar-refractivity contribution in [3.63, 3.8) is 0 Å². The van der Waals surface area contributed by atoms with Crippen LogP contribution < -0.4 is 15.0 Å². The minimum Gasteiger partial charge on any atom is -0.453 e. The minimum atomic E-state index is -1.03. The number of piperidine rings is 1. The monoisotopic (exact) mass is 492 g/mol. The van der Waals surface area contributed by atoms with E-state index in [9.17, 15) is 13.6 Å². The molecule has 3 aliphatic rings. The summed E-state index contributed by atoms with van der Waals surface area (Å²) >= 11 is 0. The summed E-state index contributed by atoms with van der Waals surface area (Å²) in [5, 5.41) is 8.00. The second-order valence-corrected chi connectivity index (χ2v) is 10.2. The first-order valence-electron chi connectivity index (χ1n) is 12.9. The highest BCUT2D eigenvalue weighted by Crippen LogP contribution is 2.46. The first-order valence-corrected chi connectivity index (χ1v) is 12.9. The van der Waals surface area contributed by atoms with Crippen molar-refractivity contribution in [2.24, 2.45) is 5.92 Å². The number of nitrogens with zero attached hydrogens (tertiary/aromatic N) is 3. The highest BCUT2D eigenvalue weighted by Gasteiger charge is 2.39. The van der Waals surface area contributed by atoms with E-state index in [-0.39, 0.29) is 23.6 Å². The third kappa shape index (κ3) is 4.17. The van der Waals surface area contributed by atoms with Crippen LogP contribution in [0.3, 0.4) is 0 Å². The summed E-state index contributed by atoms with van der Waals surface area (Å²) in [6, 6.07) is 8.21. The fourth-order valence-corrected chi connectivity index (χ4v) is 5.43. The Morgan fingerprint density at radius 1 is 1.08 bits per heavy atom. The third-order valence-corrected chi connectivity index (χ3v) is 7.64. The van der Waals surface area contributed by atoms with Crippen LogP contribution in [0.15, 0.2) is 42.7 Å². The van der Waals surface area contributed by atoms with Crippen molar-refractivity contribution in [2.75, 3.05) is 18.0 Å². The lowest BCUT2D eigenvalue weighted by Crippen LogP contribution is -2.43. The Morgan fingerprint density at radius 2 is 1.89 bits per heavy atom. The first-order chi connectivity index (χ1) is 17.5. The van der Waals surface area contributed by atoms with Crippen LogP contribution in [0.1, 0.15) is 50.6 Å². The number of benzene rings is 2. The zero-order valence-electron chi connectivity index (χ0n) is 20.3. The number of carbonyl (C=O) groups excluding carboxylic acids is 1. The van der Waals surface area contributed by atoms with Crippen LogP contribution in [0, 0.1) is 17.6 Å². The van der Waals surface area contributed by atoms with Gasteiger partial charge in [-0.15, -0.1) is 0 Å². The Labute approximate surface area is 209 Å². The van der Waals surface area contributed by atoms with Gasteiger partial charge in [0.25, 0.3) is 0 Å². The molecule has 1 atom stereocenters. The summed E-state index contributed by atoms with van der Waals surface area (Å²) in [5.41, 5.74) is 3.25.